The van der Waals surface area contributed by atoms with Gasteiger partial charge in [-0.2, -0.15) is 0 Å². The molecule has 0 saturated carbocycles. The molecule has 3 rings (SSSR count). The zero-order chi connectivity index (χ0) is 13.4. The van der Waals surface area contributed by atoms with Crippen LogP contribution in [0.2, 0.25) is 0 Å². The topological polar surface area (TPSA) is 59.6 Å². The van der Waals surface area contributed by atoms with Crippen LogP contribution in [-0.2, 0) is 0 Å². The number of Topliss-reactive ketones (excluding diaryl/α,β-unsaturated/α-hetero) is 2. The van der Waals surface area contributed by atoms with Crippen molar-refractivity contribution in [2.45, 2.75) is 0 Å². The zero-order valence-corrected chi connectivity index (χ0v) is 10.3. The first-order valence-corrected chi connectivity index (χ1v) is 5.92. The molecule has 0 radical (unpaired) electrons. The molecule has 0 aliphatic heterocycles. The Morgan fingerprint density at radius 3 is 2.16 bits per heavy atom. The van der Waals surface area contributed by atoms with Crippen molar-refractivity contribution in [1.29, 1.82) is 0 Å². The maximum atomic E-state index is 12.4. The standard InChI is InChI=1S/C15H11NO3/c1-16-13(11-7-4-8-19-11)12-14(17)9-5-2-3-6-10(9)15(12)18/h2-8,12H,1H3. The molecule has 1 aromatic carbocycles. The van der Waals surface area contributed by atoms with Crippen molar-refractivity contribution in [3.8, 4) is 0 Å². The van der Waals surface area contributed by atoms with Gasteiger partial charge in [-0.25, -0.2) is 0 Å². The Kier molecular flexibility index (Phi) is 2.63. The molecule has 0 amide bonds. The minimum absolute atomic E-state index is 0.211. The number of aliphatic imine (C=N–C) groups is 1. The van der Waals surface area contributed by atoms with Gasteiger partial charge in [0.05, 0.1) is 12.0 Å². The zero-order valence-electron chi connectivity index (χ0n) is 10.3. The Bertz CT molecular complexity index is 648. The van der Waals surface area contributed by atoms with Crippen LogP contribution in [0.5, 0.6) is 0 Å². The minimum Gasteiger partial charge on any atom is -0.463 e. The SMILES string of the molecule is CN=C(c1ccco1)C1C(=O)c2ccccc2C1=O. The van der Waals surface area contributed by atoms with Gasteiger partial charge in [-0.1, -0.05) is 24.3 Å². The predicted octanol–water partition coefficient (Wildman–Crippen LogP) is 2.39. The predicted molar refractivity (Wildman–Crippen MR) is 69.8 cm³/mol. The summed E-state index contributed by atoms with van der Waals surface area (Å²) in [6, 6.07) is 10.3. The summed E-state index contributed by atoms with van der Waals surface area (Å²) in [6.07, 6.45) is 1.50. The highest BCUT2D eigenvalue weighted by Gasteiger charge is 2.42. The summed E-state index contributed by atoms with van der Waals surface area (Å²) in [6.45, 7) is 0. The fourth-order valence-corrected chi connectivity index (χ4v) is 2.40. The van der Waals surface area contributed by atoms with Gasteiger partial charge in [0.15, 0.2) is 11.6 Å². The molecule has 0 unspecified atom stereocenters. The van der Waals surface area contributed by atoms with Crippen LogP contribution in [0, 0.1) is 5.92 Å². The lowest BCUT2D eigenvalue weighted by atomic mass is 9.96. The monoisotopic (exact) mass is 253 g/mol. The second-order valence-electron chi connectivity index (χ2n) is 4.29. The second-order valence-corrected chi connectivity index (χ2v) is 4.29. The van der Waals surface area contributed by atoms with Gasteiger partial charge in [-0.15, -0.1) is 0 Å². The highest BCUT2D eigenvalue weighted by molar-refractivity contribution is 6.38. The number of hydrogen-bond donors (Lipinski definition) is 0. The molecular formula is C15H11NO3. The number of nitrogens with zero attached hydrogens (tertiary/aromatic N) is 1. The van der Waals surface area contributed by atoms with E-state index >= 15 is 0 Å². The van der Waals surface area contributed by atoms with E-state index in [1.807, 2.05) is 0 Å². The van der Waals surface area contributed by atoms with Crippen LogP contribution in [0.25, 0.3) is 0 Å². The fraction of sp³-hybridized carbons (Fsp3) is 0.133. The summed E-state index contributed by atoms with van der Waals surface area (Å²) in [5, 5.41) is 0. The third-order valence-electron chi connectivity index (χ3n) is 3.27. The van der Waals surface area contributed by atoms with Crippen molar-refractivity contribution in [2.24, 2.45) is 10.9 Å². The number of fused-ring (bicyclic) bond motifs is 1. The summed E-state index contributed by atoms with van der Waals surface area (Å²) in [7, 11) is 1.56. The molecule has 1 aliphatic carbocycles. The van der Waals surface area contributed by atoms with E-state index < -0.39 is 5.92 Å². The molecule has 1 aromatic heterocycles. The Balaban J connectivity index is 2.09. The smallest absolute Gasteiger partial charge is 0.180 e. The number of ketones is 2. The van der Waals surface area contributed by atoms with E-state index in [4.69, 9.17) is 4.42 Å². The van der Waals surface area contributed by atoms with E-state index in [1.54, 1.807) is 43.4 Å². The van der Waals surface area contributed by atoms with Gasteiger partial charge in [-0.05, 0) is 12.1 Å². The van der Waals surface area contributed by atoms with E-state index in [1.165, 1.54) is 6.26 Å². The molecule has 0 bridgehead atoms. The Morgan fingerprint density at radius 1 is 1.05 bits per heavy atom. The van der Waals surface area contributed by atoms with E-state index in [9.17, 15) is 9.59 Å². The van der Waals surface area contributed by atoms with Crippen molar-refractivity contribution < 1.29 is 14.0 Å². The first kappa shape index (κ1) is 11.6. The average molecular weight is 253 g/mol. The van der Waals surface area contributed by atoms with Gasteiger partial charge in [0.2, 0.25) is 0 Å². The number of rotatable bonds is 2. The first-order valence-electron chi connectivity index (χ1n) is 5.92. The van der Waals surface area contributed by atoms with Gasteiger partial charge in [0, 0.05) is 18.2 Å². The molecule has 0 N–H and O–H groups in total. The molecular weight excluding hydrogens is 242 g/mol. The van der Waals surface area contributed by atoms with E-state index in [0.717, 1.165) is 0 Å². The molecule has 1 heterocycles. The van der Waals surface area contributed by atoms with Crippen molar-refractivity contribution >= 4 is 17.3 Å². The largest absolute Gasteiger partial charge is 0.463 e. The summed E-state index contributed by atoms with van der Waals surface area (Å²) in [5.41, 5.74) is 1.31. The highest BCUT2D eigenvalue weighted by atomic mass is 16.3. The van der Waals surface area contributed by atoms with Gasteiger partial charge in [0.1, 0.15) is 11.7 Å². The van der Waals surface area contributed by atoms with Crippen LogP contribution < -0.4 is 0 Å². The summed E-state index contributed by atoms with van der Waals surface area (Å²) < 4.78 is 5.26. The Labute approximate surface area is 109 Å². The fourth-order valence-electron chi connectivity index (χ4n) is 2.40. The van der Waals surface area contributed by atoms with Crippen LogP contribution in [0.3, 0.4) is 0 Å². The second kappa shape index (κ2) is 4.31. The molecule has 19 heavy (non-hydrogen) atoms. The third kappa shape index (κ3) is 1.64. The van der Waals surface area contributed by atoms with Gasteiger partial charge in [-0.3, -0.25) is 14.6 Å². The van der Waals surface area contributed by atoms with Gasteiger partial charge in [0.25, 0.3) is 0 Å². The molecule has 94 valence electrons. The maximum absolute atomic E-state index is 12.4. The van der Waals surface area contributed by atoms with E-state index in [0.29, 0.717) is 22.6 Å². The third-order valence-corrected chi connectivity index (χ3v) is 3.27. The molecule has 0 spiro atoms. The van der Waals surface area contributed by atoms with Crippen LogP contribution in [0.15, 0.2) is 52.1 Å². The molecule has 4 heteroatoms. The van der Waals surface area contributed by atoms with Gasteiger partial charge >= 0.3 is 0 Å². The summed E-state index contributed by atoms with van der Waals surface area (Å²) >= 11 is 0. The number of benzene rings is 1. The summed E-state index contributed by atoms with van der Waals surface area (Å²) in [5.74, 6) is -0.842. The summed E-state index contributed by atoms with van der Waals surface area (Å²) in [4.78, 5) is 28.8. The molecule has 1 aliphatic rings. The lowest BCUT2D eigenvalue weighted by Crippen LogP contribution is -2.26. The van der Waals surface area contributed by atoms with Gasteiger partial charge < -0.3 is 4.42 Å². The lowest BCUT2D eigenvalue weighted by Gasteiger charge is -2.07. The normalized spacial score (nSPS) is 15.9. The maximum Gasteiger partial charge on any atom is 0.180 e. The Hall–Kier alpha value is -2.49. The molecule has 4 nitrogen and oxygen atoms in total. The highest BCUT2D eigenvalue weighted by Crippen LogP contribution is 2.29. The quantitative estimate of drug-likeness (QED) is 0.610. The van der Waals surface area contributed by atoms with Crippen molar-refractivity contribution in [3.63, 3.8) is 0 Å². The number of carbonyl (C=O) groups excluding carboxylic acids is 2. The molecule has 2 aromatic rings. The number of furan rings is 1. The molecule has 0 atom stereocenters. The van der Waals surface area contributed by atoms with Crippen LogP contribution in [0.4, 0.5) is 0 Å². The van der Waals surface area contributed by atoms with Crippen LogP contribution in [0.1, 0.15) is 26.5 Å². The van der Waals surface area contributed by atoms with Crippen molar-refractivity contribution in [2.75, 3.05) is 7.05 Å². The number of hydrogen-bond acceptors (Lipinski definition) is 4. The lowest BCUT2D eigenvalue weighted by molar-refractivity contribution is 0.0883. The van der Waals surface area contributed by atoms with Crippen LogP contribution in [-0.4, -0.2) is 24.3 Å². The van der Waals surface area contributed by atoms with Crippen LogP contribution >= 0.6 is 0 Å². The van der Waals surface area contributed by atoms with E-state index in [-0.39, 0.29) is 11.6 Å². The van der Waals surface area contributed by atoms with E-state index in [2.05, 4.69) is 4.99 Å². The molecule has 0 fully saturated rings. The van der Waals surface area contributed by atoms with Crippen molar-refractivity contribution in [1.82, 2.24) is 0 Å². The molecule has 0 saturated heterocycles. The average Bonchev–Trinajstić information content (AvgIpc) is 3.04. The minimum atomic E-state index is -0.881. The first-order chi connectivity index (χ1) is 9.24. The number of carbonyl (C=O) groups is 2. The van der Waals surface area contributed by atoms with Crippen molar-refractivity contribution in [3.05, 3.63) is 59.5 Å². The Morgan fingerprint density at radius 2 is 1.68 bits per heavy atom.